The van der Waals surface area contributed by atoms with Crippen LogP contribution in [0.4, 0.5) is 4.79 Å². The monoisotopic (exact) mass is 482 g/mol. The zero-order valence-corrected chi connectivity index (χ0v) is 20.7. The first-order chi connectivity index (χ1) is 16.6. The number of hydrogen-bond acceptors (Lipinski definition) is 5. The molecule has 0 fully saturated rings. The molecule has 0 aromatic heterocycles. The van der Waals surface area contributed by atoms with E-state index in [1.54, 1.807) is 14.2 Å². The summed E-state index contributed by atoms with van der Waals surface area (Å²) >= 11 is 0. The quantitative estimate of drug-likeness (QED) is 0.501. The fourth-order valence-electron chi connectivity index (χ4n) is 4.40. The molecule has 1 aliphatic rings. The molecule has 2 amide bonds. The Balaban J connectivity index is 1.67. The number of aliphatic carboxylic acids is 1. The number of hydrogen-bond donors (Lipinski definition) is 2. The zero-order valence-electron chi connectivity index (χ0n) is 20.7. The Morgan fingerprint density at radius 2 is 1.63 bits per heavy atom. The second-order valence-corrected chi connectivity index (χ2v) is 9.45. The number of nitrogens with zero attached hydrogens (tertiary/aromatic N) is 1. The summed E-state index contributed by atoms with van der Waals surface area (Å²) in [4.78, 5) is 38.1. The minimum absolute atomic E-state index is 0.0361. The number of alkyl carbamates (subject to hydrolysis) is 1. The van der Waals surface area contributed by atoms with Gasteiger partial charge >= 0.3 is 12.1 Å². The molecule has 2 aromatic rings. The third kappa shape index (κ3) is 6.60. The molecule has 3 rings (SSSR count). The molecule has 0 heterocycles. The van der Waals surface area contributed by atoms with E-state index in [-0.39, 0.29) is 37.8 Å². The van der Waals surface area contributed by atoms with Gasteiger partial charge in [0.2, 0.25) is 5.91 Å². The van der Waals surface area contributed by atoms with Crippen LogP contribution in [0.25, 0.3) is 11.1 Å². The highest BCUT2D eigenvalue weighted by Crippen LogP contribution is 2.44. The van der Waals surface area contributed by atoms with Crippen molar-refractivity contribution >= 4 is 18.0 Å². The molecule has 0 spiro atoms. The maximum Gasteiger partial charge on any atom is 0.407 e. The van der Waals surface area contributed by atoms with Gasteiger partial charge in [-0.1, -0.05) is 48.5 Å². The first-order valence-corrected chi connectivity index (χ1v) is 11.8. The van der Waals surface area contributed by atoms with Crippen molar-refractivity contribution in [3.63, 3.8) is 0 Å². The largest absolute Gasteiger partial charge is 0.481 e. The molecule has 0 radical (unpaired) electrons. The van der Waals surface area contributed by atoms with E-state index < -0.39 is 23.7 Å². The third-order valence-electron chi connectivity index (χ3n) is 6.44. The lowest BCUT2D eigenvalue weighted by molar-refractivity contribution is -0.138. The van der Waals surface area contributed by atoms with Crippen LogP contribution in [0.5, 0.6) is 0 Å². The first kappa shape index (κ1) is 26.2. The molecule has 8 nitrogen and oxygen atoms in total. The maximum atomic E-state index is 13.1. The van der Waals surface area contributed by atoms with E-state index in [4.69, 9.17) is 14.6 Å². The first-order valence-electron chi connectivity index (χ1n) is 11.8. The summed E-state index contributed by atoms with van der Waals surface area (Å²) in [5.41, 5.74) is 3.81. The number of carbonyl (C=O) groups excluding carboxylic acids is 2. The molecule has 1 atom stereocenters. The van der Waals surface area contributed by atoms with E-state index in [9.17, 15) is 14.4 Å². The predicted octanol–water partition coefficient (Wildman–Crippen LogP) is 4.03. The summed E-state index contributed by atoms with van der Waals surface area (Å²) in [7, 11) is 3.14. The van der Waals surface area contributed by atoms with E-state index in [1.807, 2.05) is 50.2 Å². The van der Waals surface area contributed by atoms with Gasteiger partial charge in [-0.15, -0.1) is 0 Å². The molecule has 1 unspecified atom stereocenters. The highest BCUT2D eigenvalue weighted by atomic mass is 16.5. The van der Waals surface area contributed by atoms with Gasteiger partial charge in [-0.3, -0.25) is 9.59 Å². The van der Waals surface area contributed by atoms with Crippen molar-refractivity contribution in [2.24, 2.45) is 0 Å². The molecular weight excluding hydrogens is 448 g/mol. The number of benzene rings is 2. The summed E-state index contributed by atoms with van der Waals surface area (Å²) in [5.74, 6) is -1.33. The zero-order chi connectivity index (χ0) is 25.6. The lowest BCUT2D eigenvalue weighted by Gasteiger charge is -2.31. The number of fused-ring (bicyclic) bond motifs is 3. The number of rotatable bonds is 11. The van der Waals surface area contributed by atoms with Gasteiger partial charge in [0.05, 0.1) is 5.60 Å². The van der Waals surface area contributed by atoms with Gasteiger partial charge in [0.1, 0.15) is 12.6 Å². The van der Waals surface area contributed by atoms with Crippen molar-refractivity contribution < 1.29 is 29.0 Å². The molecule has 188 valence electrons. The Labute approximate surface area is 206 Å². The number of amides is 2. The Hall–Kier alpha value is -3.39. The van der Waals surface area contributed by atoms with Gasteiger partial charge < -0.3 is 24.8 Å². The predicted molar refractivity (Wildman–Crippen MR) is 132 cm³/mol. The Morgan fingerprint density at radius 1 is 1.06 bits per heavy atom. The van der Waals surface area contributed by atoms with Crippen LogP contribution in [0, 0.1) is 0 Å². The van der Waals surface area contributed by atoms with Gasteiger partial charge in [-0.05, 0) is 42.5 Å². The molecule has 0 bridgehead atoms. The Kier molecular flexibility index (Phi) is 8.51. The number of likely N-dealkylation sites (N-methyl/N-ethyl adjacent to an activating group) is 1. The number of carbonyl (C=O) groups is 3. The van der Waals surface area contributed by atoms with E-state index in [0.29, 0.717) is 6.42 Å². The highest BCUT2D eigenvalue weighted by Gasteiger charge is 2.33. The van der Waals surface area contributed by atoms with Crippen LogP contribution in [0.2, 0.25) is 0 Å². The van der Waals surface area contributed by atoms with Crippen molar-refractivity contribution in [3.05, 3.63) is 59.7 Å². The molecule has 0 aliphatic heterocycles. The second-order valence-electron chi connectivity index (χ2n) is 9.45. The minimum atomic E-state index is -0.917. The van der Waals surface area contributed by atoms with Gasteiger partial charge in [-0.2, -0.15) is 0 Å². The smallest absolute Gasteiger partial charge is 0.407 e. The second kappa shape index (κ2) is 11.4. The molecular formula is C27H34N2O6. The average Bonchev–Trinajstić information content (AvgIpc) is 3.15. The summed E-state index contributed by atoms with van der Waals surface area (Å²) in [6.07, 6.45) is -0.166. The van der Waals surface area contributed by atoms with Crippen molar-refractivity contribution in [2.45, 2.75) is 50.7 Å². The number of nitrogens with one attached hydrogen (secondary N) is 1. The molecule has 2 N–H and O–H groups in total. The summed E-state index contributed by atoms with van der Waals surface area (Å²) in [5, 5.41) is 11.6. The minimum Gasteiger partial charge on any atom is -0.481 e. The van der Waals surface area contributed by atoms with Crippen molar-refractivity contribution in [1.82, 2.24) is 10.2 Å². The lowest BCUT2D eigenvalue weighted by atomic mass is 9.97. The Morgan fingerprint density at radius 3 is 2.17 bits per heavy atom. The van der Waals surface area contributed by atoms with Crippen LogP contribution in [-0.4, -0.2) is 66.9 Å². The SMILES string of the molecule is COC(C)(C)CC(NC(=O)OCC1c2ccccc2-c2ccccc21)C(=O)N(C)CCCC(=O)O. The van der Waals surface area contributed by atoms with Gasteiger partial charge in [0.15, 0.2) is 0 Å². The topological polar surface area (TPSA) is 105 Å². The normalized spacial score (nSPS) is 13.5. The third-order valence-corrected chi connectivity index (χ3v) is 6.44. The number of ether oxygens (including phenoxy) is 2. The summed E-state index contributed by atoms with van der Waals surface area (Å²) in [6, 6.07) is 15.3. The van der Waals surface area contributed by atoms with E-state index in [1.165, 1.54) is 4.90 Å². The van der Waals surface area contributed by atoms with Crippen molar-refractivity contribution in [2.75, 3.05) is 27.3 Å². The molecule has 8 heteroatoms. The van der Waals surface area contributed by atoms with Crippen LogP contribution in [0.1, 0.15) is 50.2 Å². The fraction of sp³-hybridized carbons (Fsp3) is 0.444. The van der Waals surface area contributed by atoms with Gasteiger partial charge in [0, 0.05) is 39.5 Å². The van der Waals surface area contributed by atoms with Gasteiger partial charge in [-0.25, -0.2) is 4.79 Å². The molecule has 2 aromatic carbocycles. The molecule has 35 heavy (non-hydrogen) atoms. The molecule has 0 saturated heterocycles. The van der Waals surface area contributed by atoms with Crippen LogP contribution >= 0.6 is 0 Å². The summed E-state index contributed by atoms with van der Waals surface area (Å²) in [6.45, 7) is 4.07. The van der Waals surface area contributed by atoms with Crippen LogP contribution in [0.3, 0.4) is 0 Å². The average molecular weight is 483 g/mol. The maximum absolute atomic E-state index is 13.1. The standard InChI is InChI=1S/C27H34N2O6/c1-27(2,34-4)16-23(25(32)29(3)15-9-14-24(30)31)28-26(33)35-17-22-20-12-7-5-10-18(20)19-11-6-8-13-21(19)22/h5-8,10-13,22-23H,9,14-17H2,1-4H3,(H,28,33)(H,30,31). The van der Waals surface area contributed by atoms with E-state index in [0.717, 1.165) is 22.3 Å². The van der Waals surface area contributed by atoms with Gasteiger partial charge in [0.25, 0.3) is 0 Å². The van der Waals surface area contributed by atoms with Crippen LogP contribution in [-0.2, 0) is 19.1 Å². The molecule has 0 saturated carbocycles. The van der Waals surface area contributed by atoms with Crippen molar-refractivity contribution in [3.8, 4) is 11.1 Å². The fourth-order valence-corrected chi connectivity index (χ4v) is 4.40. The molecule has 1 aliphatic carbocycles. The van der Waals surface area contributed by atoms with Crippen molar-refractivity contribution in [1.29, 1.82) is 0 Å². The summed E-state index contributed by atoms with van der Waals surface area (Å²) < 4.78 is 11.1. The van der Waals surface area contributed by atoms with E-state index >= 15 is 0 Å². The number of carboxylic acid groups (broad SMARTS) is 1. The van der Waals surface area contributed by atoms with E-state index in [2.05, 4.69) is 17.4 Å². The number of carboxylic acids is 1. The van der Waals surface area contributed by atoms with Crippen LogP contribution < -0.4 is 5.32 Å². The Bertz CT molecular complexity index is 1020. The highest BCUT2D eigenvalue weighted by molar-refractivity contribution is 5.86. The number of methoxy groups -OCH3 is 1. The van der Waals surface area contributed by atoms with Crippen LogP contribution in [0.15, 0.2) is 48.5 Å². The lowest BCUT2D eigenvalue weighted by Crippen LogP contribution is -2.51.